The van der Waals surface area contributed by atoms with Crippen LogP contribution in [-0.2, 0) is 0 Å². The van der Waals surface area contributed by atoms with Gasteiger partial charge in [-0.15, -0.1) is 0 Å². The van der Waals surface area contributed by atoms with Crippen molar-refractivity contribution in [3.05, 3.63) is 52.0 Å². The van der Waals surface area contributed by atoms with E-state index in [1.54, 1.807) is 36.7 Å². The summed E-state index contributed by atoms with van der Waals surface area (Å²) in [5.41, 5.74) is 5.85. The summed E-state index contributed by atoms with van der Waals surface area (Å²) in [5.74, 6) is 0. The lowest BCUT2D eigenvalue weighted by Gasteiger charge is -1.90. The van der Waals surface area contributed by atoms with Gasteiger partial charge >= 0.3 is 0 Å². The van der Waals surface area contributed by atoms with Crippen molar-refractivity contribution >= 4 is 40.5 Å². The van der Waals surface area contributed by atoms with Crippen LogP contribution in [0.4, 0.5) is 5.69 Å². The van der Waals surface area contributed by atoms with Gasteiger partial charge in [-0.2, -0.15) is 0 Å². The number of aromatic nitrogens is 2. The van der Waals surface area contributed by atoms with Gasteiger partial charge in [0.2, 0.25) is 0 Å². The van der Waals surface area contributed by atoms with E-state index in [2.05, 4.69) is 9.97 Å². The molecule has 2 aromatic heterocycles. The maximum absolute atomic E-state index is 5.51. The zero-order chi connectivity index (χ0) is 12.0. The minimum absolute atomic E-state index is 0.356. The Bertz CT molecular complexity index is 377. The molecule has 0 aromatic carbocycles. The van der Waals surface area contributed by atoms with Crippen molar-refractivity contribution in [2.45, 2.75) is 0 Å². The van der Waals surface area contributed by atoms with Crippen LogP contribution < -0.4 is 5.73 Å². The Morgan fingerprint density at radius 1 is 0.875 bits per heavy atom. The molecule has 16 heavy (non-hydrogen) atoms. The van der Waals surface area contributed by atoms with Crippen molar-refractivity contribution in [2.24, 2.45) is 0 Å². The topological polar surface area (TPSA) is 51.8 Å². The van der Waals surface area contributed by atoms with Crippen molar-refractivity contribution in [3.63, 3.8) is 0 Å². The van der Waals surface area contributed by atoms with Gasteiger partial charge < -0.3 is 5.73 Å². The van der Waals surface area contributed by atoms with Gasteiger partial charge in [-0.3, -0.25) is 0 Å². The molecule has 2 heterocycles. The third-order valence-electron chi connectivity index (χ3n) is 1.50. The van der Waals surface area contributed by atoms with Crippen molar-refractivity contribution in [1.82, 2.24) is 9.97 Å². The van der Waals surface area contributed by atoms with Crippen molar-refractivity contribution < 1.29 is 0 Å². The summed E-state index contributed by atoms with van der Waals surface area (Å²) in [7, 11) is 0. The fourth-order valence-corrected chi connectivity index (χ4v) is 1.13. The highest BCUT2D eigenvalue weighted by molar-refractivity contribution is 6.41. The Labute approximate surface area is 108 Å². The Morgan fingerprint density at radius 3 is 1.75 bits per heavy atom. The highest BCUT2D eigenvalue weighted by atomic mass is 35.5. The number of hydrogen-bond donors (Lipinski definition) is 1. The number of nitrogen functional groups attached to an aromatic ring is 1. The van der Waals surface area contributed by atoms with Crippen LogP contribution in [0.25, 0.3) is 0 Å². The Morgan fingerprint density at radius 2 is 1.44 bits per heavy atom. The SMILES string of the molecule is Clc1cccnc1Cl.Nc1cccnc1Cl. The van der Waals surface area contributed by atoms with Crippen LogP contribution in [0, 0.1) is 0 Å². The van der Waals surface area contributed by atoms with Gasteiger partial charge in [-0.25, -0.2) is 9.97 Å². The number of halogens is 3. The molecule has 2 N–H and O–H groups in total. The zero-order valence-electron chi connectivity index (χ0n) is 8.07. The van der Waals surface area contributed by atoms with Gasteiger partial charge in [0.15, 0.2) is 5.15 Å². The average Bonchev–Trinajstić information content (AvgIpc) is 2.28. The summed E-state index contributed by atoms with van der Waals surface area (Å²) < 4.78 is 0. The predicted octanol–water partition coefficient (Wildman–Crippen LogP) is 3.71. The molecule has 0 aliphatic carbocycles. The second-order valence-electron chi connectivity index (χ2n) is 2.66. The largest absolute Gasteiger partial charge is 0.396 e. The molecule has 6 heteroatoms. The van der Waals surface area contributed by atoms with Gasteiger partial charge in [0.05, 0.1) is 10.7 Å². The Hall–Kier alpha value is -1.03. The molecular formula is C10H8Cl3N3. The van der Waals surface area contributed by atoms with Crippen LogP contribution in [0.2, 0.25) is 15.3 Å². The van der Waals surface area contributed by atoms with Gasteiger partial charge in [0.25, 0.3) is 0 Å². The molecule has 0 radical (unpaired) electrons. The minimum atomic E-state index is 0.356. The van der Waals surface area contributed by atoms with Crippen LogP contribution in [0.15, 0.2) is 36.7 Å². The van der Waals surface area contributed by atoms with E-state index in [0.717, 1.165) is 0 Å². The monoisotopic (exact) mass is 275 g/mol. The Kier molecular flexibility index (Phi) is 5.32. The smallest absolute Gasteiger partial charge is 0.151 e. The molecule has 2 aromatic rings. The summed E-state index contributed by atoms with van der Waals surface area (Å²) in [6, 6.07) is 6.86. The second-order valence-corrected chi connectivity index (χ2v) is 3.78. The number of nitrogens with two attached hydrogens (primary N) is 1. The summed E-state index contributed by atoms with van der Waals surface area (Å²) in [4.78, 5) is 7.43. The molecule has 2 rings (SSSR count). The molecule has 0 unspecified atom stereocenters. The van der Waals surface area contributed by atoms with Gasteiger partial charge in [-0.1, -0.05) is 34.8 Å². The molecular weight excluding hydrogens is 268 g/mol. The van der Waals surface area contributed by atoms with Gasteiger partial charge in [0.1, 0.15) is 5.15 Å². The molecule has 0 bridgehead atoms. The Balaban J connectivity index is 0.000000160. The molecule has 0 saturated heterocycles. The van der Waals surface area contributed by atoms with E-state index >= 15 is 0 Å². The summed E-state index contributed by atoms with van der Waals surface area (Å²) in [5, 5.41) is 1.22. The predicted molar refractivity (Wildman–Crippen MR) is 67.9 cm³/mol. The summed E-state index contributed by atoms with van der Waals surface area (Å²) in [6.45, 7) is 0. The number of nitrogens with zero attached hydrogens (tertiary/aromatic N) is 2. The molecule has 0 amide bonds. The van der Waals surface area contributed by atoms with E-state index < -0.39 is 0 Å². The van der Waals surface area contributed by atoms with E-state index in [-0.39, 0.29) is 0 Å². The molecule has 0 atom stereocenters. The van der Waals surface area contributed by atoms with E-state index in [1.807, 2.05) is 0 Å². The molecule has 0 fully saturated rings. The maximum atomic E-state index is 5.51. The third kappa shape index (κ3) is 4.23. The lowest BCUT2D eigenvalue weighted by Crippen LogP contribution is -1.85. The summed E-state index contributed by atoms with van der Waals surface area (Å²) in [6.07, 6.45) is 3.19. The molecule has 0 aliphatic rings. The first kappa shape index (κ1) is 13.0. The lowest BCUT2D eigenvalue weighted by atomic mass is 10.4. The second kappa shape index (κ2) is 6.53. The van der Waals surface area contributed by atoms with Crippen molar-refractivity contribution in [2.75, 3.05) is 5.73 Å². The van der Waals surface area contributed by atoms with Crippen molar-refractivity contribution in [3.8, 4) is 0 Å². The first-order valence-electron chi connectivity index (χ1n) is 4.23. The van der Waals surface area contributed by atoms with Gasteiger partial charge in [0, 0.05) is 12.4 Å². The molecule has 0 saturated carbocycles. The summed E-state index contributed by atoms with van der Waals surface area (Å²) >= 11 is 16.5. The van der Waals surface area contributed by atoms with E-state index in [1.165, 1.54) is 0 Å². The van der Waals surface area contributed by atoms with Crippen LogP contribution in [0.3, 0.4) is 0 Å². The maximum Gasteiger partial charge on any atom is 0.151 e. The number of pyridine rings is 2. The van der Waals surface area contributed by atoms with Gasteiger partial charge in [-0.05, 0) is 24.3 Å². The van der Waals surface area contributed by atoms with Crippen LogP contribution in [-0.4, -0.2) is 9.97 Å². The minimum Gasteiger partial charge on any atom is -0.396 e. The first-order valence-corrected chi connectivity index (χ1v) is 5.36. The molecule has 84 valence electrons. The third-order valence-corrected chi connectivity index (χ3v) is 2.52. The molecule has 0 aliphatic heterocycles. The average molecular weight is 277 g/mol. The molecule has 0 spiro atoms. The number of anilines is 1. The number of hydrogen-bond acceptors (Lipinski definition) is 3. The van der Waals surface area contributed by atoms with Crippen LogP contribution in [0.1, 0.15) is 0 Å². The first-order chi connectivity index (χ1) is 7.61. The van der Waals surface area contributed by atoms with E-state index in [9.17, 15) is 0 Å². The highest BCUT2D eigenvalue weighted by Gasteiger charge is 1.91. The van der Waals surface area contributed by atoms with Crippen LogP contribution >= 0.6 is 34.8 Å². The normalized spacial score (nSPS) is 9.19. The quantitative estimate of drug-likeness (QED) is 0.746. The van der Waals surface area contributed by atoms with E-state index in [0.29, 0.717) is 21.0 Å². The van der Waals surface area contributed by atoms with Crippen LogP contribution in [0.5, 0.6) is 0 Å². The highest BCUT2D eigenvalue weighted by Crippen LogP contribution is 2.16. The lowest BCUT2D eigenvalue weighted by molar-refractivity contribution is 1.33. The number of rotatable bonds is 0. The fraction of sp³-hybridized carbons (Fsp3) is 0. The van der Waals surface area contributed by atoms with Crippen molar-refractivity contribution in [1.29, 1.82) is 0 Å². The fourth-order valence-electron chi connectivity index (χ4n) is 0.765. The van der Waals surface area contributed by atoms with E-state index in [4.69, 9.17) is 40.5 Å². The molecule has 3 nitrogen and oxygen atoms in total. The zero-order valence-corrected chi connectivity index (χ0v) is 10.3. The standard InChI is InChI=1S/C5H3Cl2N.C5H5ClN2/c6-4-2-1-3-8-5(4)7;6-5-4(7)2-1-3-8-5/h1-3H;1-3H,7H2.